The molecular weight excluding hydrogens is 360 g/mol. The summed E-state index contributed by atoms with van der Waals surface area (Å²) in [6.45, 7) is 6.28. The number of amides is 1. The highest BCUT2D eigenvalue weighted by molar-refractivity contribution is 5.96. The molecule has 0 saturated carbocycles. The third kappa shape index (κ3) is 3.83. The molecule has 7 nitrogen and oxygen atoms in total. The zero-order valence-corrected chi connectivity index (χ0v) is 16.2. The maximum Gasteiger partial charge on any atom is 0.271 e. The smallest absolute Gasteiger partial charge is 0.271 e. The third-order valence-corrected chi connectivity index (χ3v) is 4.68. The Morgan fingerprint density at radius 1 is 1.29 bits per heavy atom. The van der Waals surface area contributed by atoms with Crippen molar-refractivity contribution >= 4 is 28.3 Å². The van der Waals surface area contributed by atoms with Crippen molar-refractivity contribution in [3.05, 3.63) is 63.4 Å². The van der Waals surface area contributed by atoms with Gasteiger partial charge in [0.05, 0.1) is 30.4 Å². The van der Waals surface area contributed by atoms with Gasteiger partial charge in [-0.05, 0) is 42.2 Å². The number of ether oxygens (including phenoxy) is 1. The largest absolute Gasteiger partial charge is 0.495 e. The fourth-order valence-corrected chi connectivity index (χ4v) is 3.28. The number of rotatable bonds is 6. The van der Waals surface area contributed by atoms with Crippen LogP contribution >= 0.6 is 0 Å². The van der Waals surface area contributed by atoms with Gasteiger partial charge in [0, 0.05) is 23.1 Å². The fraction of sp³-hybridized carbons (Fsp3) is 0.286. The zero-order valence-electron chi connectivity index (χ0n) is 16.2. The first-order valence-electron chi connectivity index (χ1n) is 8.93. The van der Waals surface area contributed by atoms with Gasteiger partial charge in [-0.15, -0.1) is 0 Å². The van der Waals surface area contributed by atoms with E-state index in [1.165, 1.54) is 30.9 Å². The summed E-state index contributed by atoms with van der Waals surface area (Å²) < 4.78 is 10.8. The number of nitrogens with zero attached hydrogens (tertiary/aromatic N) is 1. The number of hydrogen-bond donors (Lipinski definition) is 1. The van der Waals surface area contributed by atoms with Gasteiger partial charge in [-0.2, -0.15) is 0 Å². The molecule has 2 aromatic carbocycles. The highest BCUT2D eigenvalue weighted by atomic mass is 16.6. The highest BCUT2D eigenvalue weighted by Gasteiger charge is 2.17. The number of non-ortho nitro benzene ring substituents is 1. The van der Waals surface area contributed by atoms with E-state index < -0.39 is 4.92 Å². The van der Waals surface area contributed by atoms with Gasteiger partial charge in [0.25, 0.3) is 5.69 Å². The van der Waals surface area contributed by atoms with E-state index >= 15 is 0 Å². The van der Waals surface area contributed by atoms with Gasteiger partial charge in [-0.25, -0.2) is 0 Å². The van der Waals surface area contributed by atoms with Gasteiger partial charge in [0.1, 0.15) is 11.3 Å². The number of anilines is 1. The number of furan rings is 1. The van der Waals surface area contributed by atoms with Crippen molar-refractivity contribution in [3.63, 3.8) is 0 Å². The van der Waals surface area contributed by atoms with E-state index in [9.17, 15) is 14.9 Å². The van der Waals surface area contributed by atoms with Crippen molar-refractivity contribution in [1.29, 1.82) is 0 Å². The summed E-state index contributed by atoms with van der Waals surface area (Å²) >= 11 is 0. The van der Waals surface area contributed by atoms with Crippen LogP contribution in [0.2, 0.25) is 0 Å². The number of carbonyl (C=O) groups excluding carboxylic acids is 1. The Hall–Kier alpha value is -3.35. The van der Waals surface area contributed by atoms with Crippen LogP contribution in [0.1, 0.15) is 36.5 Å². The molecule has 3 rings (SSSR count). The molecule has 3 aromatic rings. The van der Waals surface area contributed by atoms with Crippen LogP contribution in [0.15, 0.2) is 41.0 Å². The molecule has 28 heavy (non-hydrogen) atoms. The minimum atomic E-state index is -0.519. The minimum Gasteiger partial charge on any atom is -0.495 e. The van der Waals surface area contributed by atoms with E-state index in [0.717, 1.165) is 22.1 Å². The van der Waals surface area contributed by atoms with Crippen molar-refractivity contribution in [3.8, 4) is 5.75 Å². The third-order valence-electron chi connectivity index (χ3n) is 4.68. The Bertz CT molecular complexity index is 1050. The summed E-state index contributed by atoms with van der Waals surface area (Å²) in [5.41, 5.74) is 3.98. The lowest BCUT2D eigenvalue weighted by atomic mass is 9.95. The van der Waals surface area contributed by atoms with Gasteiger partial charge < -0.3 is 14.5 Å². The Balaban J connectivity index is 1.87. The first-order chi connectivity index (χ1) is 13.3. The summed E-state index contributed by atoms with van der Waals surface area (Å²) in [4.78, 5) is 23.1. The topological polar surface area (TPSA) is 94.6 Å². The standard InChI is InChI=1S/C21H22N2O5/c1-12(2)16-10-17-14(11-28-20(17)7-13(16)3)8-21(24)22-18-9-15(23(25)26)5-6-19(18)27-4/h5-7,9-12H,8H2,1-4H3,(H,22,24). The van der Waals surface area contributed by atoms with Crippen molar-refractivity contribution in [1.82, 2.24) is 0 Å². The second-order valence-electron chi connectivity index (χ2n) is 6.99. The number of nitrogens with one attached hydrogen (secondary N) is 1. The molecule has 146 valence electrons. The summed E-state index contributed by atoms with van der Waals surface area (Å²) in [6.07, 6.45) is 1.66. The minimum absolute atomic E-state index is 0.0828. The molecule has 0 aliphatic heterocycles. The van der Waals surface area contributed by atoms with Gasteiger partial charge in [-0.1, -0.05) is 13.8 Å². The van der Waals surface area contributed by atoms with Crippen LogP contribution in [0.4, 0.5) is 11.4 Å². The molecule has 0 aliphatic carbocycles. The van der Waals surface area contributed by atoms with Crippen molar-refractivity contribution < 1.29 is 18.9 Å². The van der Waals surface area contributed by atoms with Crippen LogP contribution in [-0.4, -0.2) is 17.9 Å². The number of carbonyl (C=O) groups is 1. The quantitative estimate of drug-likeness (QED) is 0.480. The van der Waals surface area contributed by atoms with Gasteiger partial charge in [0.15, 0.2) is 0 Å². The van der Waals surface area contributed by atoms with Crippen LogP contribution < -0.4 is 10.1 Å². The maximum absolute atomic E-state index is 12.6. The van der Waals surface area contributed by atoms with E-state index in [2.05, 4.69) is 25.2 Å². The Kier molecular flexibility index (Phi) is 5.35. The van der Waals surface area contributed by atoms with Crippen molar-refractivity contribution in [2.75, 3.05) is 12.4 Å². The molecule has 0 spiro atoms. The lowest BCUT2D eigenvalue weighted by Gasteiger charge is -2.11. The molecule has 0 unspecified atom stereocenters. The predicted octanol–water partition coefficient (Wildman–Crippen LogP) is 4.96. The zero-order chi connectivity index (χ0) is 20.4. The first kappa shape index (κ1) is 19.4. The fourth-order valence-electron chi connectivity index (χ4n) is 3.28. The van der Waals surface area contributed by atoms with Crippen LogP contribution in [0, 0.1) is 17.0 Å². The SMILES string of the molecule is COc1ccc([N+](=O)[O-])cc1NC(=O)Cc1coc2cc(C)c(C(C)C)cc12. The number of hydrogen-bond acceptors (Lipinski definition) is 5. The van der Waals surface area contributed by atoms with Gasteiger partial charge in [-0.3, -0.25) is 14.9 Å². The summed E-state index contributed by atoms with van der Waals surface area (Å²) in [5.74, 6) is 0.400. The van der Waals surface area contributed by atoms with Gasteiger partial charge in [0.2, 0.25) is 5.91 Å². The number of aryl methyl sites for hydroxylation is 1. The number of methoxy groups -OCH3 is 1. The normalized spacial score (nSPS) is 11.0. The molecule has 0 atom stereocenters. The number of fused-ring (bicyclic) bond motifs is 1. The van der Waals surface area contributed by atoms with Crippen molar-refractivity contribution in [2.24, 2.45) is 0 Å². The summed E-state index contributed by atoms with van der Waals surface area (Å²) in [7, 11) is 1.44. The molecule has 1 heterocycles. The molecular formula is C21H22N2O5. The van der Waals surface area contributed by atoms with Crippen LogP contribution in [0.25, 0.3) is 11.0 Å². The second kappa shape index (κ2) is 7.72. The van der Waals surface area contributed by atoms with E-state index in [4.69, 9.17) is 9.15 Å². The van der Waals surface area contributed by atoms with Crippen LogP contribution in [-0.2, 0) is 11.2 Å². The number of nitro benzene ring substituents is 1. The van der Waals surface area contributed by atoms with E-state index in [0.29, 0.717) is 11.7 Å². The second-order valence-corrected chi connectivity index (χ2v) is 6.99. The summed E-state index contributed by atoms with van der Waals surface area (Å²) in [5, 5.41) is 14.6. The lowest BCUT2D eigenvalue weighted by molar-refractivity contribution is -0.384. The maximum atomic E-state index is 12.6. The lowest BCUT2D eigenvalue weighted by Crippen LogP contribution is -2.15. The Morgan fingerprint density at radius 2 is 2.04 bits per heavy atom. The molecule has 0 fully saturated rings. The molecule has 7 heteroatoms. The van der Waals surface area contributed by atoms with Crippen molar-refractivity contribution in [2.45, 2.75) is 33.1 Å². The van der Waals surface area contributed by atoms with E-state index in [1.54, 1.807) is 6.26 Å². The van der Waals surface area contributed by atoms with E-state index in [-0.39, 0.29) is 23.7 Å². The monoisotopic (exact) mass is 382 g/mol. The van der Waals surface area contributed by atoms with E-state index in [1.807, 2.05) is 13.0 Å². The molecule has 1 aromatic heterocycles. The Labute approximate surface area is 162 Å². The average molecular weight is 382 g/mol. The molecule has 0 saturated heterocycles. The molecule has 1 amide bonds. The molecule has 0 aliphatic rings. The predicted molar refractivity (Wildman–Crippen MR) is 107 cm³/mol. The first-order valence-corrected chi connectivity index (χ1v) is 8.93. The molecule has 0 bridgehead atoms. The Morgan fingerprint density at radius 3 is 2.68 bits per heavy atom. The molecule has 0 radical (unpaired) electrons. The number of nitro groups is 1. The average Bonchev–Trinajstić information content (AvgIpc) is 3.02. The number of benzene rings is 2. The van der Waals surface area contributed by atoms with Crippen LogP contribution in [0.3, 0.4) is 0 Å². The van der Waals surface area contributed by atoms with Crippen LogP contribution in [0.5, 0.6) is 5.75 Å². The summed E-state index contributed by atoms with van der Waals surface area (Å²) in [6, 6.07) is 8.11. The molecule has 1 N–H and O–H groups in total. The highest BCUT2D eigenvalue weighted by Crippen LogP contribution is 2.31. The van der Waals surface area contributed by atoms with Gasteiger partial charge >= 0.3 is 0 Å².